The molecule has 0 radical (unpaired) electrons. The maximum atomic E-state index is 2.85. The summed E-state index contributed by atoms with van der Waals surface area (Å²) in [6, 6.07) is 9.92. The highest BCUT2D eigenvalue weighted by Gasteiger charge is 2.38. The standard InChI is InChI=1S/C23H33N/c1-2-4-6-11-21(12-7-5-3-1)24-18-16-23(17-19-24)15-14-20-10-8-9-13-22(20)23/h8-10,13-15,21H,1-7,11-12,16-19H2. The van der Waals surface area contributed by atoms with Gasteiger partial charge in [0.15, 0.2) is 0 Å². The molecule has 0 N–H and O–H groups in total. The molecule has 1 heterocycles. The van der Waals surface area contributed by atoms with Gasteiger partial charge in [-0.1, -0.05) is 81.4 Å². The van der Waals surface area contributed by atoms with E-state index in [2.05, 4.69) is 41.3 Å². The molecule has 130 valence electrons. The second-order valence-electron chi connectivity index (χ2n) is 8.32. The lowest BCUT2D eigenvalue weighted by atomic mass is 9.74. The summed E-state index contributed by atoms with van der Waals surface area (Å²) in [5, 5.41) is 0. The molecule has 1 spiro atoms. The Morgan fingerprint density at radius 1 is 0.792 bits per heavy atom. The van der Waals surface area contributed by atoms with Gasteiger partial charge >= 0.3 is 0 Å². The van der Waals surface area contributed by atoms with Crippen molar-refractivity contribution >= 4 is 6.08 Å². The first-order chi connectivity index (χ1) is 11.9. The highest BCUT2D eigenvalue weighted by molar-refractivity contribution is 5.65. The normalized spacial score (nSPS) is 25.7. The number of rotatable bonds is 1. The van der Waals surface area contributed by atoms with Crippen LogP contribution >= 0.6 is 0 Å². The predicted octanol–water partition coefficient (Wildman–Crippen LogP) is 5.94. The maximum absolute atomic E-state index is 2.85. The van der Waals surface area contributed by atoms with Crippen LogP contribution in [0.1, 0.15) is 81.8 Å². The quantitative estimate of drug-likeness (QED) is 0.618. The molecule has 3 aliphatic rings. The molecule has 1 aliphatic heterocycles. The third kappa shape index (κ3) is 3.33. The molecule has 1 aromatic rings. The van der Waals surface area contributed by atoms with Crippen LogP contribution in [0.3, 0.4) is 0 Å². The first kappa shape index (κ1) is 16.4. The van der Waals surface area contributed by atoms with Gasteiger partial charge in [0, 0.05) is 11.5 Å². The van der Waals surface area contributed by atoms with Gasteiger partial charge in [-0.25, -0.2) is 0 Å². The zero-order valence-electron chi connectivity index (χ0n) is 15.2. The van der Waals surface area contributed by atoms with Crippen molar-refractivity contribution in [1.29, 1.82) is 0 Å². The number of allylic oxidation sites excluding steroid dienone is 1. The third-order valence-electron chi connectivity index (χ3n) is 6.86. The molecular formula is C23H33N. The van der Waals surface area contributed by atoms with Crippen LogP contribution in [0.25, 0.3) is 6.08 Å². The van der Waals surface area contributed by atoms with Gasteiger partial charge in [-0.3, -0.25) is 0 Å². The van der Waals surface area contributed by atoms with Crippen molar-refractivity contribution in [3.05, 3.63) is 41.5 Å². The second-order valence-corrected chi connectivity index (χ2v) is 8.32. The maximum Gasteiger partial charge on any atom is 0.0165 e. The number of benzene rings is 1. The summed E-state index contributed by atoms with van der Waals surface area (Å²) in [5.41, 5.74) is 3.41. The minimum absolute atomic E-state index is 0.350. The van der Waals surface area contributed by atoms with E-state index in [1.807, 2.05) is 0 Å². The van der Waals surface area contributed by atoms with Crippen molar-refractivity contribution in [2.45, 2.75) is 82.1 Å². The lowest BCUT2D eigenvalue weighted by Gasteiger charge is -2.43. The molecule has 1 saturated heterocycles. The van der Waals surface area contributed by atoms with Gasteiger partial charge in [0.2, 0.25) is 0 Å². The second kappa shape index (κ2) is 7.44. The van der Waals surface area contributed by atoms with Crippen LogP contribution in [-0.4, -0.2) is 24.0 Å². The third-order valence-corrected chi connectivity index (χ3v) is 6.86. The van der Waals surface area contributed by atoms with Crippen LogP contribution in [0.5, 0.6) is 0 Å². The molecule has 1 heteroatoms. The van der Waals surface area contributed by atoms with E-state index in [0.717, 1.165) is 6.04 Å². The van der Waals surface area contributed by atoms with Crippen LogP contribution < -0.4 is 0 Å². The Bertz CT molecular complexity index is 555. The van der Waals surface area contributed by atoms with E-state index in [0.29, 0.717) is 5.41 Å². The zero-order valence-corrected chi connectivity index (χ0v) is 15.2. The first-order valence-electron chi connectivity index (χ1n) is 10.4. The number of likely N-dealkylation sites (tertiary alicyclic amines) is 1. The highest BCUT2D eigenvalue weighted by atomic mass is 15.2. The van der Waals surface area contributed by atoms with Gasteiger partial charge in [0.05, 0.1) is 0 Å². The molecule has 1 aromatic carbocycles. The summed E-state index contributed by atoms with van der Waals surface area (Å²) in [6.45, 7) is 2.59. The predicted molar refractivity (Wildman–Crippen MR) is 103 cm³/mol. The fraction of sp³-hybridized carbons (Fsp3) is 0.652. The van der Waals surface area contributed by atoms with Gasteiger partial charge in [-0.05, 0) is 49.9 Å². The van der Waals surface area contributed by atoms with Gasteiger partial charge < -0.3 is 4.90 Å². The molecule has 2 aliphatic carbocycles. The summed E-state index contributed by atoms with van der Waals surface area (Å²) < 4.78 is 0. The summed E-state index contributed by atoms with van der Waals surface area (Å²) >= 11 is 0. The van der Waals surface area contributed by atoms with Crippen molar-refractivity contribution in [3.8, 4) is 0 Å². The molecule has 0 amide bonds. The molecule has 0 bridgehead atoms. The minimum Gasteiger partial charge on any atom is -0.300 e. The first-order valence-corrected chi connectivity index (χ1v) is 10.4. The minimum atomic E-state index is 0.350. The van der Waals surface area contributed by atoms with Gasteiger partial charge in [-0.15, -0.1) is 0 Å². The van der Waals surface area contributed by atoms with Crippen molar-refractivity contribution in [2.24, 2.45) is 0 Å². The highest BCUT2D eigenvalue weighted by Crippen LogP contribution is 2.44. The Kier molecular flexibility index (Phi) is 5.08. The van der Waals surface area contributed by atoms with Crippen molar-refractivity contribution < 1.29 is 0 Å². The lowest BCUT2D eigenvalue weighted by molar-refractivity contribution is 0.115. The molecule has 4 rings (SSSR count). The van der Waals surface area contributed by atoms with E-state index < -0.39 is 0 Å². The fourth-order valence-electron chi connectivity index (χ4n) is 5.31. The van der Waals surface area contributed by atoms with Crippen molar-refractivity contribution in [3.63, 3.8) is 0 Å². The Labute approximate surface area is 148 Å². The van der Waals surface area contributed by atoms with E-state index in [1.54, 1.807) is 5.56 Å². The molecule has 24 heavy (non-hydrogen) atoms. The number of hydrogen-bond acceptors (Lipinski definition) is 1. The van der Waals surface area contributed by atoms with Gasteiger partial charge in [-0.2, -0.15) is 0 Å². The number of nitrogens with zero attached hydrogens (tertiary/aromatic N) is 1. The van der Waals surface area contributed by atoms with Gasteiger partial charge in [0.25, 0.3) is 0 Å². The van der Waals surface area contributed by atoms with Crippen LogP contribution in [0.2, 0.25) is 0 Å². The molecule has 1 saturated carbocycles. The Hall–Kier alpha value is -1.08. The van der Waals surface area contributed by atoms with Crippen LogP contribution in [0, 0.1) is 0 Å². The van der Waals surface area contributed by atoms with Crippen molar-refractivity contribution in [2.75, 3.05) is 13.1 Å². The smallest absolute Gasteiger partial charge is 0.0165 e. The summed E-state index contributed by atoms with van der Waals surface area (Å²) in [4.78, 5) is 2.85. The fourth-order valence-corrected chi connectivity index (χ4v) is 5.31. The monoisotopic (exact) mass is 323 g/mol. The van der Waals surface area contributed by atoms with Gasteiger partial charge in [0.1, 0.15) is 0 Å². The largest absolute Gasteiger partial charge is 0.300 e. The van der Waals surface area contributed by atoms with Crippen LogP contribution in [0.4, 0.5) is 0 Å². The van der Waals surface area contributed by atoms with Crippen molar-refractivity contribution in [1.82, 2.24) is 4.90 Å². The molecular weight excluding hydrogens is 290 g/mol. The number of fused-ring (bicyclic) bond motifs is 2. The summed E-state index contributed by atoms with van der Waals surface area (Å²) in [7, 11) is 0. The van der Waals surface area contributed by atoms with Crippen LogP contribution in [-0.2, 0) is 5.41 Å². The topological polar surface area (TPSA) is 3.24 Å². The number of piperidine rings is 1. The summed E-state index contributed by atoms with van der Waals surface area (Å²) in [6.07, 6.45) is 20.7. The Balaban J connectivity index is 1.39. The molecule has 1 nitrogen and oxygen atoms in total. The molecule has 0 unspecified atom stereocenters. The molecule has 2 fully saturated rings. The zero-order chi connectivity index (χ0) is 16.2. The lowest BCUT2D eigenvalue weighted by Crippen LogP contribution is -2.46. The van der Waals surface area contributed by atoms with E-state index >= 15 is 0 Å². The Morgan fingerprint density at radius 2 is 1.42 bits per heavy atom. The summed E-state index contributed by atoms with van der Waals surface area (Å²) in [5.74, 6) is 0. The van der Waals surface area contributed by atoms with E-state index in [4.69, 9.17) is 0 Å². The number of hydrogen-bond donors (Lipinski definition) is 0. The Morgan fingerprint density at radius 3 is 2.12 bits per heavy atom. The SMILES string of the molecule is C1=CC2(CCN(C3CCCCCCCCC3)CC2)c2ccccc21. The van der Waals surface area contributed by atoms with E-state index in [-0.39, 0.29) is 0 Å². The molecule has 0 aromatic heterocycles. The van der Waals surface area contributed by atoms with E-state index in [9.17, 15) is 0 Å². The average Bonchev–Trinajstić information content (AvgIpc) is 2.99. The van der Waals surface area contributed by atoms with Crippen LogP contribution in [0.15, 0.2) is 30.3 Å². The molecule has 0 atom stereocenters. The van der Waals surface area contributed by atoms with E-state index in [1.165, 1.54) is 89.3 Å². The average molecular weight is 324 g/mol.